The Bertz CT molecular complexity index is 891. The fraction of sp³-hybridized carbons (Fsp3) is 0. The van der Waals surface area contributed by atoms with E-state index in [1.165, 1.54) is 29.6 Å². The molecule has 0 radical (unpaired) electrons. The van der Waals surface area contributed by atoms with Gasteiger partial charge in [-0.2, -0.15) is 0 Å². The van der Waals surface area contributed by atoms with Crippen LogP contribution in [0.3, 0.4) is 0 Å². The number of nitrogens with one attached hydrogen (secondary N) is 1. The molecule has 2 aromatic heterocycles. The number of nitrogens with two attached hydrogens (primary N) is 1. The highest BCUT2D eigenvalue weighted by Gasteiger charge is 2.12. The van der Waals surface area contributed by atoms with Crippen LogP contribution >= 0.6 is 15.9 Å². The maximum absolute atomic E-state index is 12.3. The second-order valence-electron chi connectivity index (χ2n) is 4.38. The number of imidazole rings is 1. The lowest BCUT2D eigenvalue weighted by Gasteiger charge is -2.08. The van der Waals surface area contributed by atoms with E-state index in [1.807, 2.05) is 0 Å². The minimum Gasteiger partial charge on any atom is -0.366 e. The summed E-state index contributed by atoms with van der Waals surface area (Å²) in [6.45, 7) is 0. The number of halogens is 1. The average Bonchev–Trinajstić information content (AvgIpc) is 2.90. The molecule has 9 heteroatoms. The van der Waals surface area contributed by atoms with Gasteiger partial charge in [0.2, 0.25) is 5.91 Å². The Kier molecular flexibility index (Phi) is 3.55. The first-order valence-corrected chi connectivity index (χ1v) is 6.89. The van der Waals surface area contributed by atoms with Gasteiger partial charge < -0.3 is 5.73 Å². The highest BCUT2D eigenvalue weighted by molar-refractivity contribution is 9.10. The van der Waals surface area contributed by atoms with Gasteiger partial charge in [0, 0.05) is 15.6 Å². The smallest absolute Gasteiger partial charge is 0.270 e. The van der Waals surface area contributed by atoms with Crippen molar-refractivity contribution in [3.8, 4) is 0 Å². The topological polar surface area (TPSA) is 116 Å². The van der Waals surface area contributed by atoms with Crippen molar-refractivity contribution in [3.63, 3.8) is 0 Å². The van der Waals surface area contributed by atoms with E-state index in [0.29, 0.717) is 15.6 Å². The number of fused-ring (bicyclic) bond motifs is 1. The lowest BCUT2D eigenvalue weighted by molar-refractivity contribution is 0.1000. The number of hydrogen-bond acceptors (Lipinski definition) is 5. The Hall–Kier alpha value is -2.81. The average molecular weight is 361 g/mol. The summed E-state index contributed by atoms with van der Waals surface area (Å²) in [6.07, 6.45) is 4.32. The zero-order chi connectivity index (χ0) is 15.7. The minimum absolute atomic E-state index is 0.234. The van der Waals surface area contributed by atoms with Crippen LogP contribution in [0.1, 0.15) is 20.7 Å². The van der Waals surface area contributed by atoms with Gasteiger partial charge in [0.15, 0.2) is 5.65 Å². The molecule has 2 amide bonds. The molecule has 0 fully saturated rings. The number of aromatic nitrogens is 4. The third-order valence-electron chi connectivity index (χ3n) is 2.88. The molecule has 0 bridgehead atoms. The second kappa shape index (κ2) is 5.53. The highest BCUT2D eigenvalue weighted by atomic mass is 79.9. The van der Waals surface area contributed by atoms with Crippen LogP contribution in [-0.4, -0.2) is 31.4 Å². The van der Waals surface area contributed by atoms with E-state index in [-0.39, 0.29) is 11.1 Å². The van der Waals surface area contributed by atoms with Crippen LogP contribution in [-0.2, 0) is 0 Å². The molecular weight excluding hydrogens is 352 g/mol. The monoisotopic (exact) mass is 360 g/mol. The van der Waals surface area contributed by atoms with Crippen molar-refractivity contribution in [3.05, 3.63) is 52.7 Å². The molecule has 22 heavy (non-hydrogen) atoms. The molecule has 0 aliphatic carbocycles. The number of amides is 2. The van der Waals surface area contributed by atoms with Gasteiger partial charge in [-0.05, 0) is 18.2 Å². The summed E-state index contributed by atoms with van der Waals surface area (Å²) >= 11 is 3.24. The quantitative estimate of drug-likeness (QED) is 0.724. The maximum atomic E-state index is 12.3. The Morgan fingerprint density at radius 3 is 2.73 bits per heavy atom. The molecular formula is C13H9BrN6O2. The van der Waals surface area contributed by atoms with Crippen molar-refractivity contribution >= 4 is 38.9 Å². The Morgan fingerprint density at radius 1 is 1.18 bits per heavy atom. The van der Waals surface area contributed by atoms with Gasteiger partial charge in [0.05, 0.1) is 6.20 Å². The van der Waals surface area contributed by atoms with E-state index in [1.54, 1.807) is 12.1 Å². The van der Waals surface area contributed by atoms with Gasteiger partial charge in [-0.15, -0.1) is 0 Å². The lowest BCUT2D eigenvalue weighted by atomic mass is 10.1. The van der Waals surface area contributed by atoms with Crippen molar-refractivity contribution in [1.82, 2.24) is 19.6 Å². The van der Waals surface area contributed by atoms with Crippen LogP contribution in [0.4, 0.5) is 0 Å². The normalized spacial score (nSPS) is 10.6. The third-order valence-corrected chi connectivity index (χ3v) is 3.34. The van der Waals surface area contributed by atoms with Crippen LogP contribution in [0.5, 0.6) is 0 Å². The summed E-state index contributed by atoms with van der Waals surface area (Å²) in [5, 5.41) is 0. The summed E-state index contributed by atoms with van der Waals surface area (Å²) in [5.74, 6) is -1.04. The number of nitrogens with zero attached hydrogens (tertiary/aromatic N) is 4. The largest absolute Gasteiger partial charge is 0.366 e. The molecule has 0 aliphatic rings. The van der Waals surface area contributed by atoms with Gasteiger partial charge in [0.1, 0.15) is 18.2 Å². The maximum Gasteiger partial charge on any atom is 0.270 e. The number of hydrogen-bond donors (Lipinski definition) is 2. The first-order chi connectivity index (χ1) is 10.5. The van der Waals surface area contributed by atoms with Gasteiger partial charge in [-0.1, -0.05) is 15.9 Å². The van der Waals surface area contributed by atoms with Gasteiger partial charge in [-0.25, -0.2) is 19.6 Å². The van der Waals surface area contributed by atoms with E-state index in [9.17, 15) is 9.59 Å². The molecule has 3 rings (SSSR count). The van der Waals surface area contributed by atoms with Crippen molar-refractivity contribution in [2.75, 3.05) is 5.43 Å². The fourth-order valence-corrected chi connectivity index (χ4v) is 2.38. The summed E-state index contributed by atoms with van der Waals surface area (Å²) in [6, 6.07) is 4.53. The third kappa shape index (κ3) is 2.66. The first kappa shape index (κ1) is 14.1. The van der Waals surface area contributed by atoms with Crippen LogP contribution in [0.2, 0.25) is 0 Å². The molecule has 0 atom stereocenters. The molecule has 2 heterocycles. The lowest BCUT2D eigenvalue weighted by Crippen LogP contribution is -2.23. The van der Waals surface area contributed by atoms with Crippen molar-refractivity contribution < 1.29 is 9.59 Å². The summed E-state index contributed by atoms with van der Waals surface area (Å²) < 4.78 is 1.95. The SMILES string of the molecule is NC(=O)c1cc(Br)cc(C(=O)Nn2cnc3cncnc32)c1. The standard InChI is InChI=1S/C13H9BrN6O2/c14-9-2-7(11(15)21)1-8(3-9)13(22)19-20-6-18-10-4-16-5-17-12(10)20/h1-6H,(H2,15,21)(H,19,22). The van der Waals surface area contributed by atoms with Crippen LogP contribution in [0.25, 0.3) is 11.2 Å². The van der Waals surface area contributed by atoms with Crippen molar-refractivity contribution in [2.45, 2.75) is 0 Å². The predicted molar refractivity (Wildman–Crippen MR) is 81.7 cm³/mol. The highest BCUT2D eigenvalue weighted by Crippen LogP contribution is 2.16. The van der Waals surface area contributed by atoms with E-state index in [0.717, 1.165) is 0 Å². The van der Waals surface area contributed by atoms with E-state index < -0.39 is 11.8 Å². The number of carbonyl (C=O) groups is 2. The fourth-order valence-electron chi connectivity index (χ4n) is 1.89. The van der Waals surface area contributed by atoms with Gasteiger partial charge in [0.25, 0.3) is 5.91 Å². The van der Waals surface area contributed by atoms with Crippen molar-refractivity contribution in [2.24, 2.45) is 5.73 Å². The molecule has 3 aromatic rings. The van der Waals surface area contributed by atoms with Gasteiger partial charge >= 0.3 is 0 Å². The van der Waals surface area contributed by atoms with Crippen LogP contribution in [0.15, 0.2) is 41.5 Å². The van der Waals surface area contributed by atoms with Crippen LogP contribution < -0.4 is 11.2 Å². The molecule has 110 valence electrons. The Labute approximate surface area is 132 Å². The molecule has 1 aromatic carbocycles. The molecule has 0 spiro atoms. The number of benzene rings is 1. The molecule has 3 N–H and O–H groups in total. The summed E-state index contributed by atoms with van der Waals surface area (Å²) in [4.78, 5) is 35.5. The number of rotatable bonds is 3. The molecule has 0 aliphatic heterocycles. The number of primary amides is 1. The zero-order valence-electron chi connectivity index (χ0n) is 11.0. The Balaban J connectivity index is 1.93. The number of carbonyl (C=O) groups excluding carboxylic acids is 2. The summed E-state index contributed by atoms with van der Waals surface area (Å²) in [5.41, 5.74) is 9.39. The van der Waals surface area contributed by atoms with E-state index >= 15 is 0 Å². The summed E-state index contributed by atoms with van der Waals surface area (Å²) in [7, 11) is 0. The minimum atomic E-state index is -0.615. The molecule has 8 nitrogen and oxygen atoms in total. The van der Waals surface area contributed by atoms with Crippen molar-refractivity contribution in [1.29, 1.82) is 0 Å². The first-order valence-electron chi connectivity index (χ1n) is 6.09. The Morgan fingerprint density at radius 2 is 1.95 bits per heavy atom. The van der Waals surface area contributed by atoms with E-state index in [2.05, 4.69) is 36.3 Å². The second-order valence-corrected chi connectivity index (χ2v) is 5.30. The van der Waals surface area contributed by atoms with E-state index in [4.69, 9.17) is 5.73 Å². The molecule has 0 saturated heterocycles. The molecule has 0 saturated carbocycles. The van der Waals surface area contributed by atoms with Gasteiger partial charge in [-0.3, -0.25) is 15.0 Å². The van der Waals surface area contributed by atoms with Crippen LogP contribution in [0, 0.1) is 0 Å². The molecule has 0 unspecified atom stereocenters. The predicted octanol–water partition coefficient (Wildman–Crippen LogP) is 1.07. The zero-order valence-corrected chi connectivity index (χ0v) is 12.6.